The van der Waals surface area contributed by atoms with Crippen LogP contribution in [0.5, 0.6) is 0 Å². The van der Waals surface area contributed by atoms with Gasteiger partial charge in [0.05, 0.1) is 19.8 Å². The van der Waals surface area contributed by atoms with Crippen molar-refractivity contribution in [3.05, 3.63) is 65.3 Å². The van der Waals surface area contributed by atoms with Crippen LogP contribution in [0.25, 0.3) is 17.0 Å². The van der Waals surface area contributed by atoms with Crippen LogP contribution < -0.4 is 0 Å². The first kappa shape index (κ1) is 19.5. The van der Waals surface area contributed by atoms with Gasteiger partial charge in [0.15, 0.2) is 0 Å². The van der Waals surface area contributed by atoms with E-state index in [1.807, 2.05) is 41.1 Å². The van der Waals surface area contributed by atoms with Crippen LogP contribution in [-0.2, 0) is 16.1 Å². The summed E-state index contributed by atoms with van der Waals surface area (Å²) in [4.78, 5) is 25.4. The predicted octanol–water partition coefficient (Wildman–Crippen LogP) is 2.75. The number of amides is 1. The number of fused-ring (bicyclic) bond motifs is 1. The monoisotopic (exact) mass is 405 g/mol. The largest absolute Gasteiger partial charge is 0.475 e. The zero-order valence-corrected chi connectivity index (χ0v) is 16.1. The van der Waals surface area contributed by atoms with Crippen LogP contribution in [0.2, 0.25) is 0 Å². The molecule has 152 valence electrons. The number of carboxylic acids is 1. The number of hydrogen-bond acceptors (Lipinski definition) is 5. The van der Waals surface area contributed by atoms with Gasteiger partial charge in [-0.3, -0.25) is 4.79 Å². The molecule has 0 unspecified atom stereocenters. The number of carbonyl (C=O) groups is 2. The lowest BCUT2D eigenvalue weighted by Gasteiger charge is -2.26. The highest BCUT2D eigenvalue weighted by molar-refractivity contribution is 6.04. The Hall–Kier alpha value is -3.83. The number of aromatic carboxylic acids is 1. The maximum absolute atomic E-state index is 12.7. The SMILES string of the molecule is N#CC(=Cc1cn(Cc2ccc(C(=O)O)o2)c2ccccc12)C(=O)N1CCOCC1. The van der Waals surface area contributed by atoms with Crippen LogP contribution in [0.1, 0.15) is 21.9 Å². The molecule has 0 bridgehead atoms. The summed E-state index contributed by atoms with van der Waals surface area (Å²) in [7, 11) is 0. The summed E-state index contributed by atoms with van der Waals surface area (Å²) in [6.45, 7) is 2.17. The van der Waals surface area contributed by atoms with Crippen molar-refractivity contribution < 1.29 is 23.8 Å². The Morgan fingerprint density at radius 1 is 1.17 bits per heavy atom. The molecule has 8 nitrogen and oxygen atoms in total. The molecule has 4 rings (SSSR count). The number of rotatable bonds is 5. The molecule has 2 aromatic heterocycles. The number of nitrogens with zero attached hydrogens (tertiary/aromatic N) is 3. The third-order valence-corrected chi connectivity index (χ3v) is 4.97. The Kier molecular flexibility index (Phi) is 5.37. The minimum atomic E-state index is -1.12. The van der Waals surface area contributed by atoms with Gasteiger partial charge in [-0.1, -0.05) is 18.2 Å². The molecule has 0 radical (unpaired) electrons. The van der Waals surface area contributed by atoms with Crippen molar-refractivity contribution in [2.75, 3.05) is 26.3 Å². The highest BCUT2D eigenvalue weighted by atomic mass is 16.5. The molecule has 0 atom stereocenters. The van der Waals surface area contributed by atoms with E-state index in [0.717, 1.165) is 16.5 Å². The standard InChI is InChI=1S/C22H19N3O5/c23-12-15(21(26)24-7-9-29-10-8-24)11-16-13-25(19-4-2-1-3-18(16)19)14-17-5-6-20(30-17)22(27)28/h1-6,11,13H,7-10,14H2,(H,27,28). The smallest absolute Gasteiger partial charge is 0.371 e. The van der Waals surface area contributed by atoms with Gasteiger partial charge in [-0.05, 0) is 24.3 Å². The highest BCUT2D eigenvalue weighted by Gasteiger charge is 2.21. The molecule has 1 amide bonds. The molecule has 1 aliphatic rings. The molecule has 3 heterocycles. The minimum Gasteiger partial charge on any atom is -0.475 e. The van der Waals surface area contributed by atoms with Crippen molar-refractivity contribution in [1.82, 2.24) is 9.47 Å². The third kappa shape index (κ3) is 3.83. The van der Waals surface area contributed by atoms with E-state index in [2.05, 4.69) is 0 Å². The second-order valence-electron chi connectivity index (χ2n) is 6.87. The van der Waals surface area contributed by atoms with Gasteiger partial charge < -0.3 is 23.7 Å². The molecule has 1 aromatic carbocycles. The van der Waals surface area contributed by atoms with Crippen molar-refractivity contribution in [1.29, 1.82) is 5.26 Å². The van der Waals surface area contributed by atoms with E-state index in [4.69, 9.17) is 14.3 Å². The number of furan rings is 1. The molecule has 0 spiro atoms. The van der Waals surface area contributed by atoms with Gasteiger partial charge in [-0.2, -0.15) is 5.26 Å². The fourth-order valence-corrected chi connectivity index (χ4v) is 3.50. The van der Waals surface area contributed by atoms with Crippen LogP contribution in [-0.4, -0.2) is 52.8 Å². The van der Waals surface area contributed by atoms with E-state index < -0.39 is 5.97 Å². The van der Waals surface area contributed by atoms with E-state index in [0.29, 0.717) is 38.6 Å². The van der Waals surface area contributed by atoms with Crippen LogP contribution in [0, 0.1) is 11.3 Å². The third-order valence-electron chi connectivity index (χ3n) is 4.97. The number of para-hydroxylation sites is 1. The van der Waals surface area contributed by atoms with Crippen LogP contribution in [0.15, 0.2) is 52.6 Å². The number of benzene rings is 1. The van der Waals surface area contributed by atoms with Crippen LogP contribution in [0.3, 0.4) is 0 Å². The Morgan fingerprint density at radius 2 is 1.93 bits per heavy atom. The van der Waals surface area contributed by atoms with E-state index >= 15 is 0 Å². The van der Waals surface area contributed by atoms with Gasteiger partial charge in [0.1, 0.15) is 17.4 Å². The Labute approximate surface area is 172 Å². The summed E-state index contributed by atoms with van der Waals surface area (Å²) in [5.41, 5.74) is 1.67. The van der Waals surface area contributed by atoms with Crippen molar-refractivity contribution in [2.45, 2.75) is 6.54 Å². The summed E-state index contributed by atoms with van der Waals surface area (Å²) >= 11 is 0. The van der Waals surface area contributed by atoms with Gasteiger partial charge in [-0.15, -0.1) is 0 Å². The van der Waals surface area contributed by atoms with Gasteiger partial charge in [0.2, 0.25) is 5.76 Å². The summed E-state index contributed by atoms with van der Waals surface area (Å²) < 4.78 is 12.5. The van der Waals surface area contributed by atoms with Crippen molar-refractivity contribution in [3.8, 4) is 6.07 Å². The first-order valence-corrected chi connectivity index (χ1v) is 9.45. The maximum Gasteiger partial charge on any atom is 0.371 e. The molecule has 0 saturated carbocycles. The zero-order chi connectivity index (χ0) is 21.1. The molecule has 3 aromatic rings. The Balaban J connectivity index is 1.68. The number of ether oxygens (including phenoxy) is 1. The van der Waals surface area contributed by atoms with Crippen molar-refractivity contribution >= 4 is 28.9 Å². The number of nitriles is 1. The van der Waals surface area contributed by atoms with E-state index in [1.54, 1.807) is 17.0 Å². The molecular formula is C22H19N3O5. The molecular weight excluding hydrogens is 386 g/mol. The van der Waals surface area contributed by atoms with Gasteiger partial charge in [0, 0.05) is 35.8 Å². The minimum absolute atomic E-state index is 0.0611. The van der Waals surface area contributed by atoms with Crippen LogP contribution in [0.4, 0.5) is 0 Å². The zero-order valence-electron chi connectivity index (χ0n) is 16.1. The van der Waals surface area contributed by atoms with Gasteiger partial charge in [0.25, 0.3) is 5.91 Å². The Morgan fingerprint density at radius 3 is 2.63 bits per heavy atom. The molecule has 1 N–H and O–H groups in total. The predicted molar refractivity (Wildman–Crippen MR) is 108 cm³/mol. The topological polar surface area (TPSA) is 109 Å². The second-order valence-corrected chi connectivity index (χ2v) is 6.87. The lowest BCUT2D eigenvalue weighted by molar-refractivity contribution is -0.130. The van der Waals surface area contributed by atoms with E-state index in [-0.39, 0.29) is 17.2 Å². The number of morpholine rings is 1. The summed E-state index contributed by atoms with van der Waals surface area (Å²) in [5.74, 6) is -1.06. The fraction of sp³-hybridized carbons (Fsp3) is 0.227. The number of carboxylic acid groups (broad SMARTS) is 1. The number of carbonyl (C=O) groups excluding carboxylic acids is 1. The lowest BCUT2D eigenvalue weighted by Crippen LogP contribution is -2.41. The number of aromatic nitrogens is 1. The molecule has 1 aliphatic heterocycles. The lowest BCUT2D eigenvalue weighted by atomic mass is 10.1. The molecule has 0 aliphatic carbocycles. The Bertz CT molecular complexity index is 1180. The first-order chi connectivity index (χ1) is 14.6. The van der Waals surface area contributed by atoms with Crippen LogP contribution >= 0.6 is 0 Å². The molecule has 30 heavy (non-hydrogen) atoms. The van der Waals surface area contributed by atoms with Crippen molar-refractivity contribution in [2.24, 2.45) is 0 Å². The van der Waals surface area contributed by atoms with Gasteiger partial charge >= 0.3 is 5.97 Å². The average molecular weight is 405 g/mol. The molecule has 1 saturated heterocycles. The van der Waals surface area contributed by atoms with E-state index in [9.17, 15) is 14.9 Å². The quantitative estimate of drug-likeness (QED) is 0.516. The number of hydrogen-bond donors (Lipinski definition) is 1. The van der Waals surface area contributed by atoms with Gasteiger partial charge in [-0.25, -0.2) is 4.79 Å². The summed E-state index contributed by atoms with van der Waals surface area (Å²) in [6, 6.07) is 12.7. The molecule has 1 fully saturated rings. The first-order valence-electron chi connectivity index (χ1n) is 9.45. The van der Waals surface area contributed by atoms with Crippen molar-refractivity contribution in [3.63, 3.8) is 0 Å². The summed E-state index contributed by atoms with van der Waals surface area (Å²) in [5, 5.41) is 19.5. The summed E-state index contributed by atoms with van der Waals surface area (Å²) in [6.07, 6.45) is 3.43. The maximum atomic E-state index is 12.7. The fourth-order valence-electron chi connectivity index (χ4n) is 3.50. The normalized spacial score (nSPS) is 14.6. The second kappa shape index (κ2) is 8.27. The molecule has 8 heteroatoms. The average Bonchev–Trinajstić information content (AvgIpc) is 3.38. The highest BCUT2D eigenvalue weighted by Crippen LogP contribution is 2.25. The van der Waals surface area contributed by atoms with E-state index in [1.165, 1.54) is 6.07 Å².